The predicted octanol–water partition coefficient (Wildman–Crippen LogP) is 3.61. The summed E-state index contributed by atoms with van der Waals surface area (Å²) in [6.07, 6.45) is 2.12. The number of sulfonamides is 1. The van der Waals surface area contributed by atoms with Crippen molar-refractivity contribution in [2.24, 2.45) is 0 Å². The van der Waals surface area contributed by atoms with E-state index >= 15 is 0 Å². The molecule has 0 aliphatic carbocycles. The quantitative estimate of drug-likeness (QED) is 0.480. The molecule has 1 N–H and O–H groups in total. The number of nitrogens with one attached hydrogen (secondary N) is 1. The number of methoxy groups -OCH3 is 1. The minimum Gasteiger partial charge on any atom is -0.493 e. The molecule has 29 heavy (non-hydrogen) atoms. The summed E-state index contributed by atoms with van der Waals surface area (Å²) in [5, 5.41) is 0. The maximum Gasteiger partial charge on any atom is 0.241 e. The Labute approximate surface area is 170 Å². The van der Waals surface area contributed by atoms with Crippen LogP contribution in [-0.2, 0) is 16.6 Å². The Balaban J connectivity index is 1.57. The topological polar surface area (TPSA) is 87.0 Å². The maximum atomic E-state index is 12.5. The molecule has 0 bridgehead atoms. The van der Waals surface area contributed by atoms with E-state index in [9.17, 15) is 8.42 Å². The summed E-state index contributed by atoms with van der Waals surface area (Å²) in [7, 11) is -2.22. The number of hydrogen-bond acceptors (Lipinski definition) is 6. The van der Waals surface area contributed by atoms with Gasteiger partial charge in [-0.05, 0) is 36.4 Å². The van der Waals surface area contributed by atoms with Gasteiger partial charge in [0, 0.05) is 12.5 Å². The lowest BCUT2D eigenvalue weighted by molar-refractivity contribution is 0.240. The Morgan fingerprint density at radius 1 is 0.931 bits per heavy atom. The van der Waals surface area contributed by atoms with Crippen molar-refractivity contribution in [2.45, 2.75) is 17.9 Å². The molecule has 0 amide bonds. The van der Waals surface area contributed by atoms with Crippen LogP contribution in [0.15, 0.2) is 76.2 Å². The van der Waals surface area contributed by atoms with Crippen LogP contribution in [0.3, 0.4) is 0 Å². The van der Waals surface area contributed by atoms with Crippen LogP contribution in [0.2, 0.25) is 0 Å². The number of rotatable bonds is 11. The van der Waals surface area contributed by atoms with Crippen molar-refractivity contribution < 1.29 is 27.0 Å². The van der Waals surface area contributed by atoms with Crippen molar-refractivity contribution >= 4 is 10.0 Å². The molecule has 0 spiro atoms. The normalized spacial score (nSPS) is 11.2. The molecular formula is C21H23NO6S. The third kappa shape index (κ3) is 6.00. The zero-order valence-electron chi connectivity index (χ0n) is 16.0. The Hall–Kier alpha value is -2.97. The zero-order valence-corrected chi connectivity index (χ0v) is 16.9. The van der Waals surface area contributed by atoms with Crippen LogP contribution in [0.4, 0.5) is 0 Å². The summed E-state index contributed by atoms with van der Waals surface area (Å²) in [6, 6.07) is 17.4. The van der Waals surface area contributed by atoms with Crippen molar-refractivity contribution in [1.82, 2.24) is 4.72 Å². The first-order valence-electron chi connectivity index (χ1n) is 9.09. The molecule has 3 rings (SSSR count). The van der Waals surface area contributed by atoms with Gasteiger partial charge in [-0.15, -0.1) is 0 Å². The van der Waals surface area contributed by atoms with Gasteiger partial charge >= 0.3 is 0 Å². The van der Waals surface area contributed by atoms with Gasteiger partial charge in [-0.25, -0.2) is 13.1 Å². The fourth-order valence-corrected chi connectivity index (χ4v) is 3.56. The van der Waals surface area contributed by atoms with Gasteiger partial charge in [-0.2, -0.15) is 0 Å². The van der Waals surface area contributed by atoms with E-state index in [2.05, 4.69) is 4.72 Å². The van der Waals surface area contributed by atoms with Crippen LogP contribution in [0.5, 0.6) is 17.2 Å². The lowest BCUT2D eigenvalue weighted by atomic mass is 10.3. The van der Waals surface area contributed by atoms with Gasteiger partial charge in [-0.3, -0.25) is 0 Å². The van der Waals surface area contributed by atoms with Gasteiger partial charge in [0.05, 0.1) is 38.0 Å². The Bertz CT molecular complexity index is 987. The van der Waals surface area contributed by atoms with E-state index in [4.69, 9.17) is 18.6 Å². The standard InChI is InChI=1S/C21H23NO6S/c1-25-20-11-10-19(29(23,24)22-16-18-9-5-12-27-18)15-21(20)28-14-6-13-26-17-7-3-2-4-8-17/h2-5,7-12,15,22H,6,13-14,16H2,1H3. The van der Waals surface area contributed by atoms with Gasteiger partial charge in [0.2, 0.25) is 10.0 Å². The summed E-state index contributed by atoms with van der Waals surface area (Å²) in [6.45, 7) is 0.899. The van der Waals surface area contributed by atoms with Crippen molar-refractivity contribution in [3.8, 4) is 17.2 Å². The van der Waals surface area contributed by atoms with Crippen molar-refractivity contribution in [3.63, 3.8) is 0 Å². The van der Waals surface area contributed by atoms with E-state index in [0.29, 0.717) is 36.9 Å². The first-order valence-corrected chi connectivity index (χ1v) is 10.6. The Morgan fingerprint density at radius 3 is 2.45 bits per heavy atom. The van der Waals surface area contributed by atoms with Crippen LogP contribution in [0.25, 0.3) is 0 Å². The number of ether oxygens (including phenoxy) is 3. The van der Waals surface area contributed by atoms with Crippen LogP contribution >= 0.6 is 0 Å². The summed E-state index contributed by atoms with van der Waals surface area (Å²) in [5.41, 5.74) is 0. The predicted molar refractivity (Wildman–Crippen MR) is 108 cm³/mol. The van der Waals surface area contributed by atoms with E-state index in [1.54, 1.807) is 18.2 Å². The second-order valence-electron chi connectivity index (χ2n) is 6.08. The third-order valence-electron chi connectivity index (χ3n) is 4.02. The first-order chi connectivity index (χ1) is 14.1. The lowest BCUT2D eigenvalue weighted by Gasteiger charge is -2.13. The number of hydrogen-bond donors (Lipinski definition) is 1. The molecule has 1 aromatic heterocycles. The molecule has 0 unspecified atom stereocenters. The zero-order chi connectivity index (χ0) is 20.5. The fourth-order valence-electron chi connectivity index (χ4n) is 2.55. The molecule has 7 nitrogen and oxygen atoms in total. The summed E-state index contributed by atoms with van der Waals surface area (Å²) >= 11 is 0. The highest BCUT2D eigenvalue weighted by atomic mass is 32.2. The molecule has 2 aromatic carbocycles. The van der Waals surface area contributed by atoms with Gasteiger partial charge in [0.15, 0.2) is 11.5 Å². The molecule has 0 radical (unpaired) electrons. The molecule has 0 aliphatic rings. The second kappa shape index (κ2) is 9.99. The second-order valence-corrected chi connectivity index (χ2v) is 7.85. The number of furan rings is 1. The molecule has 0 saturated carbocycles. The molecule has 8 heteroatoms. The number of benzene rings is 2. The molecule has 0 atom stereocenters. The lowest BCUT2D eigenvalue weighted by Crippen LogP contribution is -2.23. The highest BCUT2D eigenvalue weighted by Gasteiger charge is 2.17. The van der Waals surface area contributed by atoms with Crippen LogP contribution in [0, 0.1) is 0 Å². The Kier molecular flexibility index (Phi) is 7.15. The summed E-state index contributed by atoms with van der Waals surface area (Å²) in [4.78, 5) is 0.0837. The van der Waals surface area contributed by atoms with E-state index in [-0.39, 0.29) is 11.4 Å². The maximum absolute atomic E-state index is 12.5. The first kappa shape index (κ1) is 20.8. The minimum absolute atomic E-state index is 0.0639. The molecule has 0 aliphatic heterocycles. The number of para-hydroxylation sites is 1. The highest BCUT2D eigenvalue weighted by molar-refractivity contribution is 7.89. The minimum atomic E-state index is -3.73. The SMILES string of the molecule is COc1ccc(S(=O)(=O)NCc2ccco2)cc1OCCCOc1ccccc1. The molecule has 0 fully saturated rings. The smallest absolute Gasteiger partial charge is 0.241 e. The van der Waals surface area contributed by atoms with Crippen LogP contribution < -0.4 is 18.9 Å². The van der Waals surface area contributed by atoms with Crippen molar-refractivity contribution in [3.05, 3.63) is 72.7 Å². The average molecular weight is 417 g/mol. The summed E-state index contributed by atoms with van der Waals surface area (Å²) < 4.78 is 49.4. The van der Waals surface area contributed by atoms with Gasteiger partial charge < -0.3 is 18.6 Å². The largest absolute Gasteiger partial charge is 0.493 e. The van der Waals surface area contributed by atoms with Crippen molar-refractivity contribution in [2.75, 3.05) is 20.3 Å². The van der Waals surface area contributed by atoms with Gasteiger partial charge in [-0.1, -0.05) is 18.2 Å². The summed E-state index contributed by atoms with van der Waals surface area (Å²) in [5.74, 6) is 2.13. The van der Waals surface area contributed by atoms with E-state index in [0.717, 1.165) is 5.75 Å². The molecule has 3 aromatic rings. The molecular weight excluding hydrogens is 394 g/mol. The van der Waals surface area contributed by atoms with E-state index < -0.39 is 10.0 Å². The average Bonchev–Trinajstić information content (AvgIpc) is 3.26. The highest BCUT2D eigenvalue weighted by Crippen LogP contribution is 2.30. The van der Waals surface area contributed by atoms with Gasteiger partial charge in [0.1, 0.15) is 11.5 Å². The Morgan fingerprint density at radius 2 is 1.72 bits per heavy atom. The fraction of sp³-hybridized carbons (Fsp3) is 0.238. The van der Waals surface area contributed by atoms with Crippen LogP contribution in [0.1, 0.15) is 12.2 Å². The van der Waals surface area contributed by atoms with Gasteiger partial charge in [0.25, 0.3) is 0 Å². The van der Waals surface area contributed by atoms with Crippen LogP contribution in [-0.4, -0.2) is 28.7 Å². The monoisotopic (exact) mass is 417 g/mol. The van der Waals surface area contributed by atoms with Crippen molar-refractivity contribution in [1.29, 1.82) is 0 Å². The van der Waals surface area contributed by atoms with E-state index in [1.165, 1.54) is 25.5 Å². The molecule has 1 heterocycles. The molecule has 154 valence electrons. The van der Waals surface area contributed by atoms with E-state index in [1.807, 2.05) is 30.3 Å². The third-order valence-corrected chi connectivity index (χ3v) is 5.42. The molecule has 0 saturated heterocycles.